The summed E-state index contributed by atoms with van der Waals surface area (Å²) in [5.41, 5.74) is 4.82. The van der Waals surface area contributed by atoms with E-state index < -0.39 is 12.0 Å². The summed E-state index contributed by atoms with van der Waals surface area (Å²) in [5, 5.41) is 3.93. The number of halogens is 2. The van der Waals surface area contributed by atoms with Gasteiger partial charge in [0.2, 0.25) is 0 Å². The van der Waals surface area contributed by atoms with Crippen LogP contribution in [0, 0.1) is 0 Å². The highest BCUT2D eigenvalue weighted by Gasteiger charge is 2.37. The zero-order valence-corrected chi connectivity index (χ0v) is 15.5. The summed E-state index contributed by atoms with van der Waals surface area (Å²) in [6, 6.07) is 0.473. The van der Waals surface area contributed by atoms with E-state index in [1.165, 1.54) is 6.20 Å². The fraction of sp³-hybridized carbons (Fsp3) is 0.765. The van der Waals surface area contributed by atoms with Gasteiger partial charge in [-0.05, 0) is 33.6 Å². The fourth-order valence-corrected chi connectivity index (χ4v) is 3.47. The molecule has 0 aliphatic carbocycles. The number of hydrogen-bond acceptors (Lipinski definition) is 5. The first-order chi connectivity index (χ1) is 12.1. The van der Waals surface area contributed by atoms with Gasteiger partial charge in [-0.15, -0.1) is 0 Å². The molecule has 2 saturated heterocycles. The molecule has 26 heavy (non-hydrogen) atoms. The lowest BCUT2D eigenvalue weighted by Gasteiger charge is -2.47. The van der Waals surface area contributed by atoms with Crippen molar-refractivity contribution >= 4 is 11.8 Å². The number of carbonyl (C=O) groups is 1. The molecule has 0 aromatic carbocycles. The standard InChI is InChI=1S/C17H27F2N5O2/c1-17(2,3)26-16(25)22-6-4-11(5-7-22)23-8-12(9-23)24-10-13(20)14(21-24)15(18)19/h10-12,15H,4-9,20H2,1-3H3. The van der Waals surface area contributed by atoms with Crippen LogP contribution in [0.15, 0.2) is 6.20 Å². The summed E-state index contributed by atoms with van der Waals surface area (Å²) < 4.78 is 32.5. The minimum atomic E-state index is -2.65. The number of amides is 1. The van der Waals surface area contributed by atoms with Gasteiger partial charge in [-0.3, -0.25) is 9.58 Å². The second-order valence-corrected chi connectivity index (χ2v) is 8.06. The van der Waals surface area contributed by atoms with E-state index in [1.807, 2.05) is 20.8 Å². The number of rotatable bonds is 3. The molecule has 0 bridgehead atoms. The largest absolute Gasteiger partial charge is 0.444 e. The van der Waals surface area contributed by atoms with Crippen LogP contribution in [0.4, 0.5) is 19.3 Å². The number of hydrogen-bond donors (Lipinski definition) is 1. The minimum absolute atomic E-state index is 0.0455. The van der Waals surface area contributed by atoms with E-state index in [2.05, 4.69) is 10.00 Å². The number of aromatic nitrogens is 2. The smallest absolute Gasteiger partial charge is 0.410 e. The summed E-state index contributed by atoms with van der Waals surface area (Å²) in [6.07, 6.45) is 0.355. The van der Waals surface area contributed by atoms with Crippen molar-refractivity contribution in [2.45, 2.75) is 57.7 Å². The molecule has 2 aliphatic heterocycles. The van der Waals surface area contributed by atoms with Gasteiger partial charge in [0.15, 0.2) is 5.69 Å². The van der Waals surface area contributed by atoms with Crippen molar-refractivity contribution in [1.29, 1.82) is 0 Å². The lowest BCUT2D eigenvalue weighted by Crippen LogP contribution is -2.56. The molecule has 2 aliphatic rings. The van der Waals surface area contributed by atoms with E-state index in [4.69, 9.17) is 10.5 Å². The fourth-order valence-electron chi connectivity index (χ4n) is 3.47. The molecule has 1 aromatic rings. The van der Waals surface area contributed by atoms with Gasteiger partial charge in [-0.1, -0.05) is 0 Å². The molecule has 2 N–H and O–H groups in total. The van der Waals surface area contributed by atoms with Gasteiger partial charge in [-0.2, -0.15) is 5.10 Å². The van der Waals surface area contributed by atoms with Crippen LogP contribution >= 0.6 is 0 Å². The van der Waals surface area contributed by atoms with E-state index in [9.17, 15) is 13.6 Å². The van der Waals surface area contributed by atoms with Crippen LogP contribution in [-0.4, -0.2) is 63.5 Å². The van der Waals surface area contributed by atoms with Crippen LogP contribution in [0.3, 0.4) is 0 Å². The third kappa shape index (κ3) is 4.08. The molecule has 9 heteroatoms. The van der Waals surface area contributed by atoms with Gasteiger partial charge in [0, 0.05) is 38.4 Å². The second kappa shape index (κ2) is 7.02. The Balaban J connectivity index is 1.46. The molecule has 2 fully saturated rings. The number of piperidine rings is 1. The lowest BCUT2D eigenvalue weighted by atomic mass is 9.98. The number of ether oxygens (including phenoxy) is 1. The van der Waals surface area contributed by atoms with Crippen LogP contribution in [-0.2, 0) is 4.74 Å². The summed E-state index contributed by atoms with van der Waals surface area (Å²) >= 11 is 0. The molecule has 146 valence electrons. The first-order valence-corrected chi connectivity index (χ1v) is 8.98. The molecular weight excluding hydrogens is 344 g/mol. The summed E-state index contributed by atoms with van der Waals surface area (Å²) in [4.78, 5) is 16.2. The molecule has 0 radical (unpaired) electrons. The van der Waals surface area contributed by atoms with E-state index in [0.717, 1.165) is 25.9 Å². The molecule has 0 saturated carbocycles. The van der Waals surface area contributed by atoms with Crippen LogP contribution < -0.4 is 5.73 Å². The van der Waals surface area contributed by atoms with Crippen molar-refractivity contribution in [2.75, 3.05) is 31.9 Å². The van der Waals surface area contributed by atoms with Crippen molar-refractivity contribution in [3.8, 4) is 0 Å². The number of carbonyl (C=O) groups excluding carboxylic acids is 1. The Morgan fingerprint density at radius 2 is 1.88 bits per heavy atom. The molecule has 3 heterocycles. The van der Waals surface area contributed by atoms with Crippen molar-refractivity contribution < 1.29 is 18.3 Å². The number of alkyl halides is 2. The van der Waals surface area contributed by atoms with Gasteiger partial charge in [0.25, 0.3) is 6.43 Å². The van der Waals surface area contributed by atoms with Crippen molar-refractivity contribution in [3.05, 3.63) is 11.9 Å². The zero-order chi connectivity index (χ0) is 19.1. The Morgan fingerprint density at radius 3 is 2.38 bits per heavy atom. The van der Waals surface area contributed by atoms with Gasteiger partial charge in [0.1, 0.15) is 5.60 Å². The van der Waals surface area contributed by atoms with Gasteiger partial charge in [-0.25, -0.2) is 13.6 Å². The molecule has 0 atom stereocenters. The summed E-state index contributed by atoms with van der Waals surface area (Å²) in [5.74, 6) is 0. The number of nitrogen functional groups attached to an aromatic ring is 1. The minimum Gasteiger partial charge on any atom is -0.444 e. The highest BCUT2D eigenvalue weighted by molar-refractivity contribution is 5.68. The van der Waals surface area contributed by atoms with Crippen LogP contribution in [0.5, 0.6) is 0 Å². The van der Waals surface area contributed by atoms with E-state index in [0.29, 0.717) is 19.1 Å². The number of nitrogens with two attached hydrogens (primary N) is 1. The number of likely N-dealkylation sites (tertiary alicyclic amines) is 2. The highest BCUT2D eigenvalue weighted by Crippen LogP contribution is 2.31. The molecular formula is C17H27F2N5O2. The Bertz CT molecular complexity index is 644. The van der Waals surface area contributed by atoms with Crippen molar-refractivity contribution in [1.82, 2.24) is 19.6 Å². The lowest BCUT2D eigenvalue weighted by molar-refractivity contribution is -0.00223. The maximum Gasteiger partial charge on any atom is 0.410 e. The second-order valence-electron chi connectivity index (χ2n) is 8.06. The van der Waals surface area contributed by atoms with Gasteiger partial charge in [0.05, 0.1) is 11.7 Å². The molecule has 7 nitrogen and oxygen atoms in total. The Hall–Kier alpha value is -1.90. The third-order valence-corrected chi connectivity index (χ3v) is 4.89. The third-order valence-electron chi connectivity index (χ3n) is 4.89. The normalized spacial score (nSPS) is 20.5. The Kier molecular flexibility index (Phi) is 5.09. The van der Waals surface area contributed by atoms with Crippen LogP contribution in [0.25, 0.3) is 0 Å². The first kappa shape index (κ1) is 18.9. The average Bonchev–Trinajstić information content (AvgIpc) is 2.86. The molecule has 0 spiro atoms. The van der Waals surface area contributed by atoms with Gasteiger partial charge < -0.3 is 15.4 Å². The number of nitrogens with zero attached hydrogens (tertiary/aromatic N) is 4. The molecule has 3 rings (SSSR count). The molecule has 1 aromatic heterocycles. The zero-order valence-electron chi connectivity index (χ0n) is 15.5. The van der Waals surface area contributed by atoms with E-state index in [1.54, 1.807) is 9.58 Å². The van der Waals surface area contributed by atoms with E-state index >= 15 is 0 Å². The monoisotopic (exact) mass is 371 g/mol. The Morgan fingerprint density at radius 1 is 1.27 bits per heavy atom. The van der Waals surface area contributed by atoms with Crippen molar-refractivity contribution in [3.63, 3.8) is 0 Å². The van der Waals surface area contributed by atoms with Gasteiger partial charge >= 0.3 is 6.09 Å². The first-order valence-electron chi connectivity index (χ1n) is 8.98. The highest BCUT2D eigenvalue weighted by atomic mass is 19.3. The Labute approximate surface area is 152 Å². The average molecular weight is 371 g/mol. The van der Waals surface area contributed by atoms with Crippen LogP contribution in [0.1, 0.15) is 51.8 Å². The molecule has 1 amide bonds. The quantitative estimate of drug-likeness (QED) is 0.884. The predicted octanol–water partition coefficient (Wildman–Crippen LogP) is 2.66. The summed E-state index contributed by atoms with van der Waals surface area (Å²) in [6.45, 7) is 8.45. The number of anilines is 1. The van der Waals surface area contributed by atoms with E-state index in [-0.39, 0.29) is 23.5 Å². The van der Waals surface area contributed by atoms with Crippen LogP contribution in [0.2, 0.25) is 0 Å². The topological polar surface area (TPSA) is 76.6 Å². The maximum atomic E-state index is 12.8. The predicted molar refractivity (Wildman–Crippen MR) is 93.0 cm³/mol. The maximum absolute atomic E-state index is 12.8. The van der Waals surface area contributed by atoms with Crippen molar-refractivity contribution in [2.24, 2.45) is 0 Å². The summed E-state index contributed by atoms with van der Waals surface area (Å²) in [7, 11) is 0. The SMILES string of the molecule is CC(C)(C)OC(=O)N1CCC(N2CC(n3cc(N)c(C(F)F)n3)C2)CC1. The molecule has 0 unspecified atom stereocenters.